The average molecular weight is 388 g/mol. The van der Waals surface area contributed by atoms with E-state index in [1.165, 1.54) is 12.1 Å². The third-order valence-corrected chi connectivity index (χ3v) is 4.49. The molecule has 108 valence electrons. The number of benzene rings is 1. The first kappa shape index (κ1) is 15.2. The van der Waals surface area contributed by atoms with Gasteiger partial charge in [-0.25, -0.2) is 0 Å². The van der Waals surface area contributed by atoms with Crippen LogP contribution in [0.1, 0.15) is 30.6 Å². The molecule has 0 bridgehead atoms. The monoisotopic (exact) mass is 388 g/mol. The number of carbonyl (C=O) groups is 1. The molecule has 0 N–H and O–H groups in total. The zero-order chi connectivity index (χ0) is 14.9. The lowest BCUT2D eigenvalue weighted by molar-refractivity contribution is -0.384. The molecule has 1 aromatic rings. The number of piperidine rings is 1. The molecule has 1 fully saturated rings. The van der Waals surface area contributed by atoms with E-state index in [9.17, 15) is 14.9 Å². The second kappa shape index (κ2) is 6.07. The van der Waals surface area contributed by atoms with Crippen molar-refractivity contribution in [2.45, 2.75) is 20.3 Å². The first-order valence-electron chi connectivity index (χ1n) is 6.61. The molecule has 2 unspecified atom stereocenters. The number of nitro benzene ring substituents is 1. The molecule has 20 heavy (non-hydrogen) atoms. The van der Waals surface area contributed by atoms with Gasteiger partial charge in [-0.15, -0.1) is 0 Å². The van der Waals surface area contributed by atoms with Gasteiger partial charge in [0, 0.05) is 28.8 Å². The molecule has 1 aliphatic rings. The standard InChI is InChI=1S/C14H17IN2O3/c1-9-5-10(2)8-16(7-9)14(18)12-6-11(17(19)20)3-4-13(12)15/h3-4,6,9-10H,5,7-8H2,1-2H3. The van der Waals surface area contributed by atoms with E-state index in [0.717, 1.165) is 23.1 Å². The van der Waals surface area contributed by atoms with Crippen molar-refractivity contribution in [1.82, 2.24) is 4.90 Å². The number of hydrogen-bond acceptors (Lipinski definition) is 3. The predicted molar refractivity (Wildman–Crippen MR) is 84.7 cm³/mol. The molecule has 2 atom stereocenters. The molecule has 1 aromatic carbocycles. The van der Waals surface area contributed by atoms with E-state index in [0.29, 0.717) is 17.4 Å². The summed E-state index contributed by atoms with van der Waals surface area (Å²) in [5, 5.41) is 10.8. The maximum absolute atomic E-state index is 12.6. The highest BCUT2D eigenvalue weighted by Gasteiger charge is 2.27. The number of halogens is 1. The number of rotatable bonds is 2. The number of amides is 1. The van der Waals surface area contributed by atoms with E-state index in [1.807, 2.05) is 4.90 Å². The van der Waals surface area contributed by atoms with Crippen LogP contribution in [0.4, 0.5) is 5.69 Å². The third-order valence-electron chi connectivity index (χ3n) is 3.55. The normalized spacial score (nSPS) is 22.6. The molecular weight excluding hydrogens is 371 g/mol. The maximum atomic E-state index is 12.6. The van der Waals surface area contributed by atoms with Crippen LogP contribution in [0, 0.1) is 25.5 Å². The Labute approximate surface area is 131 Å². The van der Waals surface area contributed by atoms with Crippen molar-refractivity contribution in [2.24, 2.45) is 11.8 Å². The number of nitrogens with zero attached hydrogens (tertiary/aromatic N) is 2. The van der Waals surface area contributed by atoms with E-state index in [-0.39, 0.29) is 11.6 Å². The molecule has 5 nitrogen and oxygen atoms in total. The summed E-state index contributed by atoms with van der Waals surface area (Å²) in [4.78, 5) is 24.8. The zero-order valence-electron chi connectivity index (χ0n) is 11.5. The van der Waals surface area contributed by atoms with Gasteiger partial charge in [-0.05, 0) is 46.9 Å². The fourth-order valence-corrected chi connectivity index (χ4v) is 3.36. The van der Waals surface area contributed by atoms with E-state index >= 15 is 0 Å². The van der Waals surface area contributed by atoms with Gasteiger partial charge >= 0.3 is 0 Å². The molecule has 1 saturated heterocycles. The minimum Gasteiger partial charge on any atom is -0.338 e. The van der Waals surface area contributed by atoms with Crippen LogP contribution in [0.25, 0.3) is 0 Å². The molecule has 1 heterocycles. The van der Waals surface area contributed by atoms with Gasteiger partial charge in [-0.3, -0.25) is 14.9 Å². The summed E-state index contributed by atoms with van der Waals surface area (Å²) >= 11 is 2.05. The topological polar surface area (TPSA) is 63.5 Å². The number of nitro groups is 1. The Morgan fingerprint density at radius 3 is 2.50 bits per heavy atom. The molecule has 0 aliphatic carbocycles. The lowest BCUT2D eigenvalue weighted by atomic mass is 9.91. The third kappa shape index (κ3) is 3.28. The van der Waals surface area contributed by atoms with Crippen molar-refractivity contribution in [1.29, 1.82) is 0 Å². The molecule has 6 heteroatoms. The molecular formula is C14H17IN2O3. The molecule has 0 saturated carbocycles. The van der Waals surface area contributed by atoms with Crippen LogP contribution >= 0.6 is 22.6 Å². The number of likely N-dealkylation sites (tertiary alicyclic amines) is 1. The smallest absolute Gasteiger partial charge is 0.270 e. The van der Waals surface area contributed by atoms with Crippen LogP contribution in [-0.4, -0.2) is 28.8 Å². The van der Waals surface area contributed by atoms with Crippen LogP contribution in [-0.2, 0) is 0 Å². The van der Waals surface area contributed by atoms with Crippen molar-refractivity contribution < 1.29 is 9.72 Å². The van der Waals surface area contributed by atoms with E-state index in [4.69, 9.17) is 0 Å². The summed E-state index contributed by atoms with van der Waals surface area (Å²) < 4.78 is 0.754. The molecule has 0 aromatic heterocycles. The van der Waals surface area contributed by atoms with Crippen molar-refractivity contribution >= 4 is 34.2 Å². The fourth-order valence-electron chi connectivity index (χ4n) is 2.79. The van der Waals surface area contributed by atoms with Crippen LogP contribution < -0.4 is 0 Å². The lowest BCUT2D eigenvalue weighted by Gasteiger charge is -2.35. The summed E-state index contributed by atoms with van der Waals surface area (Å²) in [6.45, 7) is 5.71. The summed E-state index contributed by atoms with van der Waals surface area (Å²) in [6.07, 6.45) is 1.12. The number of non-ortho nitro benzene ring substituents is 1. The molecule has 1 aliphatic heterocycles. The quantitative estimate of drug-likeness (QED) is 0.444. The van der Waals surface area contributed by atoms with Gasteiger partial charge in [0.25, 0.3) is 11.6 Å². The van der Waals surface area contributed by atoms with Crippen LogP contribution in [0.2, 0.25) is 0 Å². The Hall–Kier alpha value is -1.18. The predicted octanol–water partition coefficient (Wildman–Crippen LogP) is 3.32. The Bertz CT molecular complexity index is 537. The highest BCUT2D eigenvalue weighted by Crippen LogP contribution is 2.25. The number of hydrogen-bond donors (Lipinski definition) is 0. The second-order valence-electron chi connectivity index (χ2n) is 5.58. The van der Waals surface area contributed by atoms with Crippen LogP contribution in [0.5, 0.6) is 0 Å². The molecule has 0 spiro atoms. The minimum atomic E-state index is -0.464. The van der Waals surface area contributed by atoms with Crippen molar-refractivity contribution in [3.05, 3.63) is 37.4 Å². The molecule has 0 radical (unpaired) electrons. The highest BCUT2D eigenvalue weighted by atomic mass is 127. The van der Waals surface area contributed by atoms with E-state index in [2.05, 4.69) is 36.4 Å². The van der Waals surface area contributed by atoms with Crippen molar-refractivity contribution in [2.75, 3.05) is 13.1 Å². The second-order valence-corrected chi connectivity index (χ2v) is 6.74. The van der Waals surface area contributed by atoms with Crippen LogP contribution in [0.3, 0.4) is 0 Å². The van der Waals surface area contributed by atoms with Crippen molar-refractivity contribution in [3.8, 4) is 0 Å². The SMILES string of the molecule is CC1CC(C)CN(C(=O)c2cc([N+](=O)[O-])ccc2I)C1. The molecule has 2 rings (SSSR count). The van der Waals surface area contributed by atoms with Crippen LogP contribution in [0.15, 0.2) is 18.2 Å². The summed E-state index contributed by atoms with van der Waals surface area (Å²) in [5.74, 6) is 0.842. The van der Waals surface area contributed by atoms with Gasteiger partial charge in [0.2, 0.25) is 0 Å². The highest BCUT2D eigenvalue weighted by molar-refractivity contribution is 14.1. The molecule has 1 amide bonds. The Kier molecular flexibility index (Phi) is 4.62. The van der Waals surface area contributed by atoms with Gasteiger partial charge in [0.1, 0.15) is 0 Å². The summed E-state index contributed by atoms with van der Waals surface area (Å²) in [6, 6.07) is 4.44. The van der Waals surface area contributed by atoms with Crippen molar-refractivity contribution in [3.63, 3.8) is 0 Å². The van der Waals surface area contributed by atoms with E-state index in [1.54, 1.807) is 6.07 Å². The largest absolute Gasteiger partial charge is 0.338 e. The lowest BCUT2D eigenvalue weighted by Crippen LogP contribution is -2.42. The summed E-state index contributed by atoms with van der Waals surface area (Å²) in [5.41, 5.74) is 0.396. The summed E-state index contributed by atoms with van der Waals surface area (Å²) in [7, 11) is 0. The first-order valence-corrected chi connectivity index (χ1v) is 7.69. The van der Waals surface area contributed by atoms with Gasteiger partial charge < -0.3 is 4.90 Å². The Morgan fingerprint density at radius 1 is 1.35 bits per heavy atom. The maximum Gasteiger partial charge on any atom is 0.270 e. The van der Waals surface area contributed by atoms with Gasteiger partial charge in [0.05, 0.1) is 10.5 Å². The van der Waals surface area contributed by atoms with Gasteiger partial charge in [-0.2, -0.15) is 0 Å². The number of carbonyl (C=O) groups excluding carboxylic acids is 1. The minimum absolute atomic E-state index is 0.0353. The van der Waals surface area contributed by atoms with E-state index < -0.39 is 4.92 Å². The van der Waals surface area contributed by atoms with Gasteiger partial charge in [-0.1, -0.05) is 13.8 Å². The Balaban J connectivity index is 2.28. The average Bonchev–Trinajstić information content (AvgIpc) is 2.37. The first-order chi connectivity index (χ1) is 9.38. The fraction of sp³-hybridized carbons (Fsp3) is 0.500. The Morgan fingerprint density at radius 2 is 1.95 bits per heavy atom. The van der Waals surface area contributed by atoms with Gasteiger partial charge in [0.15, 0.2) is 0 Å². The zero-order valence-corrected chi connectivity index (χ0v) is 13.7.